The number of nitrogens with one attached hydrogen (secondary N) is 1. The lowest BCUT2D eigenvalue weighted by molar-refractivity contribution is -0.137. The number of rotatable bonds is 5. The number of halogens is 3. The second-order valence-electron chi connectivity index (χ2n) is 7.35. The zero-order valence-electron chi connectivity index (χ0n) is 17.0. The maximum Gasteiger partial charge on any atom is 0.416 e. The third kappa shape index (κ3) is 4.33. The highest BCUT2D eigenvalue weighted by molar-refractivity contribution is 7.89. The number of anilines is 1. The van der Waals surface area contributed by atoms with Gasteiger partial charge in [-0.15, -0.1) is 0 Å². The highest BCUT2D eigenvalue weighted by Gasteiger charge is 2.41. The lowest BCUT2D eigenvalue weighted by atomic mass is 10.0. The minimum Gasteiger partial charge on any atom is -0.505 e. The van der Waals surface area contributed by atoms with Crippen molar-refractivity contribution >= 4 is 33.2 Å². The van der Waals surface area contributed by atoms with Crippen molar-refractivity contribution in [2.45, 2.75) is 24.9 Å². The summed E-state index contributed by atoms with van der Waals surface area (Å²) in [5.41, 5.74) is -1.51. The molecule has 32 heavy (non-hydrogen) atoms. The van der Waals surface area contributed by atoms with Crippen LogP contribution in [0.1, 0.15) is 25.0 Å². The van der Waals surface area contributed by atoms with Crippen molar-refractivity contribution in [3.63, 3.8) is 0 Å². The van der Waals surface area contributed by atoms with Crippen LogP contribution in [0.15, 0.2) is 59.1 Å². The Morgan fingerprint density at radius 2 is 1.66 bits per heavy atom. The third-order valence-corrected chi connectivity index (χ3v) is 6.53. The molecule has 0 saturated carbocycles. The van der Waals surface area contributed by atoms with Crippen molar-refractivity contribution < 1.29 is 36.3 Å². The van der Waals surface area contributed by atoms with E-state index in [9.17, 15) is 36.3 Å². The molecule has 0 fully saturated rings. The number of amides is 1. The van der Waals surface area contributed by atoms with Crippen molar-refractivity contribution in [2.24, 2.45) is 5.92 Å². The number of aliphatic hydroxyl groups is 1. The van der Waals surface area contributed by atoms with Crippen LogP contribution in [0.4, 0.5) is 18.9 Å². The van der Waals surface area contributed by atoms with E-state index in [-0.39, 0.29) is 16.1 Å². The topological polar surface area (TPSA) is 104 Å². The van der Waals surface area contributed by atoms with Gasteiger partial charge in [0.25, 0.3) is 10.0 Å². The molecule has 1 amide bonds. The van der Waals surface area contributed by atoms with Gasteiger partial charge in [-0.2, -0.15) is 13.2 Å². The Labute approximate surface area is 182 Å². The average Bonchev–Trinajstić information content (AvgIpc) is 2.71. The van der Waals surface area contributed by atoms with E-state index in [1.165, 1.54) is 38.1 Å². The smallest absolute Gasteiger partial charge is 0.416 e. The van der Waals surface area contributed by atoms with Gasteiger partial charge in [0, 0.05) is 17.2 Å². The van der Waals surface area contributed by atoms with Gasteiger partial charge in [-0.3, -0.25) is 9.59 Å². The highest BCUT2D eigenvalue weighted by Crippen LogP contribution is 2.36. The second kappa shape index (κ2) is 8.30. The van der Waals surface area contributed by atoms with Crippen molar-refractivity contribution in [1.82, 2.24) is 4.31 Å². The number of sulfonamides is 1. The molecule has 2 N–H and O–H groups in total. The van der Waals surface area contributed by atoms with Crippen LogP contribution in [0.25, 0.3) is 5.76 Å². The summed E-state index contributed by atoms with van der Waals surface area (Å²) in [5, 5.41) is 13.0. The average molecular weight is 468 g/mol. The summed E-state index contributed by atoms with van der Waals surface area (Å²) in [6.07, 6.45) is -4.55. The van der Waals surface area contributed by atoms with Crippen LogP contribution in [0.3, 0.4) is 0 Å². The van der Waals surface area contributed by atoms with Gasteiger partial charge in [0.05, 0.1) is 10.5 Å². The fourth-order valence-electron chi connectivity index (χ4n) is 3.12. The van der Waals surface area contributed by atoms with E-state index in [1.807, 2.05) is 0 Å². The Morgan fingerprint density at radius 3 is 2.22 bits per heavy atom. The Bertz CT molecular complexity index is 1200. The molecule has 0 bridgehead atoms. The van der Waals surface area contributed by atoms with E-state index in [0.717, 1.165) is 24.3 Å². The van der Waals surface area contributed by atoms with Crippen molar-refractivity contribution in [3.8, 4) is 0 Å². The molecule has 1 aliphatic rings. The first kappa shape index (κ1) is 23.3. The first-order valence-corrected chi connectivity index (χ1v) is 10.8. The van der Waals surface area contributed by atoms with Crippen LogP contribution in [0, 0.1) is 5.92 Å². The molecule has 1 heterocycles. The van der Waals surface area contributed by atoms with E-state index in [2.05, 4.69) is 5.32 Å². The number of alkyl halides is 3. The molecule has 170 valence electrons. The molecule has 2 aromatic carbocycles. The summed E-state index contributed by atoms with van der Waals surface area (Å²) in [5.74, 6) is -2.86. The van der Waals surface area contributed by atoms with Crippen LogP contribution in [0.5, 0.6) is 0 Å². The van der Waals surface area contributed by atoms with Gasteiger partial charge in [-0.1, -0.05) is 26.0 Å². The SMILES string of the molecule is CC(C)C(=O)C1=C(O)c2ccccc2S(=O)(=O)N1CC(=O)Nc1ccc(C(F)(F)F)cc1. The van der Waals surface area contributed by atoms with Gasteiger partial charge in [0.1, 0.15) is 12.2 Å². The number of carbonyl (C=O) groups is 2. The molecule has 3 rings (SSSR count). The maximum absolute atomic E-state index is 13.2. The van der Waals surface area contributed by atoms with Gasteiger partial charge in [-0.05, 0) is 36.4 Å². The molecule has 0 spiro atoms. The van der Waals surface area contributed by atoms with Gasteiger partial charge < -0.3 is 10.4 Å². The van der Waals surface area contributed by atoms with Crippen molar-refractivity contribution in [1.29, 1.82) is 0 Å². The number of aliphatic hydroxyl groups excluding tert-OH is 1. The molecule has 0 radical (unpaired) electrons. The summed E-state index contributed by atoms with van der Waals surface area (Å²) < 4.78 is 64.9. The largest absolute Gasteiger partial charge is 0.505 e. The lowest BCUT2D eigenvalue weighted by Crippen LogP contribution is -2.43. The highest BCUT2D eigenvalue weighted by atomic mass is 32.2. The third-order valence-electron chi connectivity index (χ3n) is 4.72. The molecule has 7 nitrogen and oxygen atoms in total. The van der Waals surface area contributed by atoms with Crippen LogP contribution in [0.2, 0.25) is 0 Å². The van der Waals surface area contributed by atoms with E-state index in [0.29, 0.717) is 4.31 Å². The summed E-state index contributed by atoms with van der Waals surface area (Å²) in [6.45, 7) is 2.15. The summed E-state index contributed by atoms with van der Waals surface area (Å²) in [7, 11) is -4.37. The number of hydrogen-bond acceptors (Lipinski definition) is 5. The van der Waals surface area contributed by atoms with E-state index < -0.39 is 57.4 Å². The number of carbonyl (C=O) groups excluding carboxylic acids is 2. The van der Waals surface area contributed by atoms with Gasteiger partial charge in [-0.25, -0.2) is 12.7 Å². The Kier molecular flexibility index (Phi) is 6.05. The molecule has 11 heteroatoms. The van der Waals surface area contributed by atoms with Crippen LogP contribution >= 0.6 is 0 Å². The van der Waals surface area contributed by atoms with Gasteiger partial charge in [0.15, 0.2) is 11.5 Å². The van der Waals surface area contributed by atoms with Gasteiger partial charge in [0.2, 0.25) is 5.91 Å². The first-order chi connectivity index (χ1) is 14.8. The Balaban J connectivity index is 1.95. The molecule has 0 aromatic heterocycles. The fraction of sp³-hybridized carbons (Fsp3) is 0.238. The fourth-order valence-corrected chi connectivity index (χ4v) is 4.76. The number of nitrogens with zero attached hydrogens (tertiary/aromatic N) is 1. The van der Waals surface area contributed by atoms with E-state index in [4.69, 9.17) is 0 Å². The number of benzene rings is 2. The summed E-state index contributed by atoms with van der Waals surface area (Å²) >= 11 is 0. The summed E-state index contributed by atoms with van der Waals surface area (Å²) in [4.78, 5) is 25.0. The molecule has 2 aromatic rings. The zero-order valence-corrected chi connectivity index (χ0v) is 17.8. The van der Waals surface area contributed by atoms with Gasteiger partial charge >= 0.3 is 6.18 Å². The Morgan fingerprint density at radius 1 is 1.06 bits per heavy atom. The predicted octanol–water partition coefficient (Wildman–Crippen LogP) is 3.80. The Hall–Kier alpha value is -3.34. The van der Waals surface area contributed by atoms with E-state index >= 15 is 0 Å². The number of ketones is 1. The first-order valence-electron chi connectivity index (χ1n) is 9.40. The number of allylic oxidation sites excluding steroid dienone is 1. The molecule has 0 unspecified atom stereocenters. The number of hydrogen-bond donors (Lipinski definition) is 2. The van der Waals surface area contributed by atoms with Crippen LogP contribution in [-0.4, -0.2) is 36.1 Å². The van der Waals surface area contributed by atoms with Crippen molar-refractivity contribution in [2.75, 3.05) is 11.9 Å². The quantitative estimate of drug-likeness (QED) is 0.695. The molecular weight excluding hydrogens is 449 g/mol. The monoisotopic (exact) mass is 468 g/mol. The predicted molar refractivity (Wildman–Crippen MR) is 110 cm³/mol. The minimum absolute atomic E-state index is 0.00254. The standard InChI is InChI=1S/C21H19F3N2O5S/c1-12(2)19(28)18-20(29)15-5-3-4-6-16(15)32(30,31)26(18)11-17(27)25-14-9-7-13(8-10-14)21(22,23)24/h3-10,12,29H,11H2,1-2H3,(H,25,27). The van der Waals surface area contributed by atoms with Crippen LogP contribution in [-0.2, 0) is 25.8 Å². The second-order valence-corrected chi connectivity index (χ2v) is 9.18. The zero-order chi connectivity index (χ0) is 23.8. The molecule has 1 aliphatic heterocycles. The summed E-state index contributed by atoms with van der Waals surface area (Å²) in [6, 6.07) is 9.08. The normalized spacial score (nSPS) is 15.5. The van der Waals surface area contributed by atoms with Crippen molar-refractivity contribution in [3.05, 3.63) is 65.4 Å². The molecule has 0 atom stereocenters. The van der Waals surface area contributed by atoms with Crippen LogP contribution < -0.4 is 5.32 Å². The number of fused-ring (bicyclic) bond motifs is 1. The maximum atomic E-state index is 13.2. The van der Waals surface area contributed by atoms with E-state index in [1.54, 1.807) is 0 Å². The number of Topliss-reactive ketones (excluding diaryl/α,β-unsaturated/α-hetero) is 1. The lowest BCUT2D eigenvalue weighted by Gasteiger charge is -2.31. The minimum atomic E-state index is -4.55. The molecule has 0 saturated heterocycles. The molecule has 0 aliphatic carbocycles. The molecular formula is C21H19F3N2O5S.